The van der Waals surface area contributed by atoms with E-state index < -0.39 is 11.9 Å². The van der Waals surface area contributed by atoms with Crippen molar-refractivity contribution in [1.82, 2.24) is 4.98 Å². The number of nitrogens with two attached hydrogens (primary N) is 1. The Labute approximate surface area is 108 Å². The molecule has 19 heavy (non-hydrogen) atoms. The Morgan fingerprint density at radius 3 is 2.53 bits per heavy atom. The number of aromatic nitrogens is 1. The normalized spacial score (nSPS) is 11.9. The lowest BCUT2D eigenvalue weighted by molar-refractivity contribution is -0.141. The summed E-state index contributed by atoms with van der Waals surface area (Å²) in [6.45, 7) is 3.24. The van der Waals surface area contributed by atoms with Crippen LogP contribution in [0.3, 0.4) is 0 Å². The number of fused-ring (bicyclic) bond motifs is 1. The van der Waals surface area contributed by atoms with E-state index in [1.807, 2.05) is 6.92 Å². The van der Waals surface area contributed by atoms with E-state index in [-0.39, 0.29) is 11.3 Å². The summed E-state index contributed by atoms with van der Waals surface area (Å²) in [5.41, 5.74) is 2.86. The van der Waals surface area contributed by atoms with E-state index in [1.54, 1.807) is 18.2 Å². The molecule has 1 aromatic carbocycles. The molecule has 0 atom stereocenters. The molecule has 0 saturated carbocycles. The van der Waals surface area contributed by atoms with Crippen LogP contribution in [0, 0.1) is 6.92 Å². The van der Waals surface area contributed by atoms with Crippen LogP contribution in [-0.4, -0.2) is 4.98 Å². The molecule has 0 amide bonds. The molecule has 3 nitrogen and oxygen atoms in total. The molecule has 3 N–H and O–H groups in total. The second-order valence-corrected chi connectivity index (χ2v) is 4.27. The Bertz CT molecular complexity index is 621. The van der Waals surface area contributed by atoms with Gasteiger partial charge >= 0.3 is 6.18 Å². The van der Waals surface area contributed by atoms with E-state index in [4.69, 9.17) is 5.84 Å². The van der Waals surface area contributed by atoms with E-state index in [0.29, 0.717) is 17.3 Å². The predicted molar refractivity (Wildman–Crippen MR) is 68.7 cm³/mol. The highest BCUT2D eigenvalue weighted by molar-refractivity contribution is 5.95. The maximum Gasteiger partial charge on any atom is 0.433 e. The zero-order valence-electron chi connectivity index (χ0n) is 10.6. The van der Waals surface area contributed by atoms with Gasteiger partial charge in [0.25, 0.3) is 0 Å². The molecule has 0 radical (unpaired) electrons. The number of hydrogen-bond donors (Lipinski definition) is 2. The molecule has 0 bridgehead atoms. The number of hydrazine groups is 1. The fourth-order valence-corrected chi connectivity index (χ4v) is 2.19. The van der Waals surface area contributed by atoms with Crippen LogP contribution >= 0.6 is 0 Å². The number of benzene rings is 1. The molecule has 1 heterocycles. The minimum Gasteiger partial charge on any atom is -0.323 e. The molecule has 6 heteroatoms. The first-order valence-corrected chi connectivity index (χ1v) is 5.86. The number of pyridine rings is 1. The van der Waals surface area contributed by atoms with Crippen LogP contribution in [0.1, 0.15) is 23.7 Å². The van der Waals surface area contributed by atoms with Crippen LogP contribution in [0.15, 0.2) is 18.2 Å². The molecular weight excluding hydrogens is 255 g/mol. The fraction of sp³-hybridized carbons (Fsp3) is 0.308. The van der Waals surface area contributed by atoms with E-state index >= 15 is 0 Å². The summed E-state index contributed by atoms with van der Waals surface area (Å²) in [6, 6.07) is 5.27. The standard InChI is InChI=1S/C13H14F3N3/c1-3-8-5-4-6-9-10(19-17)7(2)12(13(14,15)16)18-11(8)9/h4-6H,3,17H2,1-2H3,(H,18,19). The van der Waals surface area contributed by atoms with E-state index in [0.717, 1.165) is 5.56 Å². The third-order valence-corrected chi connectivity index (χ3v) is 3.14. The smallest absolute Gasteiger partial charge is 0.323 e. The van der Waals surface area contributed by atoms with Crippen molar-refractivity contribution < 1.29 is 13.2 Å². The van der Waals surface area contributed by atoms with Gasteiger partial charge in [0.15, 0.2) is 0 Å². The highest BCUT2D eigenvalue weighted by atomic mass is 19.4. The highest BCUT2D eigenvalue weighted by Gasteiger charge is 2.36. The molecule has 0 saturated heterocycles. The van der Waals surface area contributed by atoms with Gasteiger partial charge in [-0.05, 0) is 18.9 Å². The second kappa shape index (κ2) is 4.70. The van der Waals surface area contributed by atoms with E-state index in [1.165, 1.54) is 6.92 Å². The van der Waals surface area contributed by atoms with Crippen molar-refractivity contribution in [3.8, 4) is 0 Å². The van der Waals surface area contributed by atoms with Crippen LogP contribution in [0.2, 0.25) is 0 Å². The molecule has 0 spiro atoms. The average molecular weight is 269 g/mol. The van der Waals surface area contributed by atoms with E-state index in [9.17, 15) is 13.2 Å². The van der Waals surface area contributed by atoms with Crippen LogP contribution in [0.5, 0.6) is 0 Å². The van der Waals surface area contributed by atoms with Crippen molar-refractivity contribution in [2.24, 2.45) is 5.84 Å². The van der Waals surface area contributed by atoms with Crippen LogP contribution in [0.4, 0.5) is 18.9 Å². The Hall–Kier alpha value is -1.82. The molecule has 0 aliphatic heterocycles. The Balaban J connectivity index is 2.91. The summed E-state index contributed by atoms with van der Waals surface area (Å²) in [5.74, 6) is 5.38. The minimum atomic E-state index is -4.50. The number of aryl methyl sites for hydroxylation is 1. The summed E-state index contributed by atoms with van der Waals surface area (Å²) in [6.07, 6.45) is -3.89. The molecule has 2 aromatic rings. The Morgan fingerprint density at radius 1 is 1.32 bits per heavy atom. The van der Waals surface area contributed by atoms with Crippen molar-refractivity contribution in [2.45, 2.75) is 26.4 Å². The van der Waals surface area contributed by atoms with Gasteiger partial charge in [0.2, 0.25) is 0 Å². The van der Waals surface area contributed by atoms with Gasteiger partial charge in [0.05, 0.1) is 11.2 Å². The van der Waals surface area contributed by atoms with Crippen molar-refractivity contribution in [3.63, 3.8) is 0 Å². The first kappa shape index (κ1) is 13.6. The molecular formula is C13H14F3N3. The van der Waals surface area contributed by atoms with Crippen LogP contribution < -0.4 is 11.3 Å². The molecule has 102 valence electrons. The average Bonchev–Trinajstić information content (AvgIpc) is 2.35. The third-order valence-electron chi connectivity index (χ3n) is 3.14. The van der Waals surface area contributed by atoms with Crippen molar-refractivity contribution in [1.29, 1.82) is 0 Å². The van der Waals surface area contributed by atoms with Gasteiger partial charge in [-0.1, -0.05) is 25.1 Å². The zero-order valence-corrected chi connectivity index (χ0v) is 10.6. The fourth-order valence-electron chi connectivity index (χ4n) is 2.19. The molecule has 0 unspecified atom stereocenters. The van der Waals surface area contributed by atoms with Gasteiger partial charge in [0, 0.05) is 10.9 Å². The van der Waals surface area contributed by atoms with Gasteiger partial charge in [-0.2, -0.15) is 13.2 Å². The molecule has 0 aliphatic carbocycles. The number of hydrogen-bond acceptors (Lipinski definition) is 3. The van der Waals surface area contributed by atoms with Crippen molar-refractivity contribution in [2.75, 3.05) is 5.43 Å². The molecule has 2 rings (SSSR count). The van der Waals surface area contributed by atoms with Gasteiger partial charge < -0.3 is 5.43 Å². The maximum absolute atomic E-state index is 13.0. The highest BCUT2D eigenvalue weighted by Crippen LogP contribution is 2.37. The van der Waals surface area contributed by atoms with Crippen molar-refractivity contribution in [3.05, 3.63) is 35.0 Å². The van der Waals surface area contributed by atoms with Gasteiger partial charge in [0.1, 0.15) is 5.69 Å². The van der Waals surface area contributed by atoms with Crippen molar-refractivity contribution >= 4 is 16.6 Å². The molecule has 1 aromatic heterocycles. The van der Waals surface area contributed by atoms with Crippen LogP contribution in [0.25, 0.3) is 10.9 Å². The van der Waals surface area contributed by atoms with Gasteiger partial charge in [-0.3, -0.25) is 5.84 Å². The topological polar surface area (TPSA) is 50.9 Å². The Morgan fingerprint density at radius 2 is 2.00 bits per heavy atom. The summed E-state index contributed by atoms with van der Waals surface area (Å²) in [5, 5.41) is 0.604. The molecule has 0 fully saturated rings. The lowest BCUT2D eigenvalue weighted by Gasteiger charge is -2.17. The summed E-state index contributed by atoms with van der Waals surface area (Å²) in [7, 11) is 0. The predicted octanol–water partition coefficient (Wildman–Crippen LogP) is 3.41. The first-order valence-electron chi connectivity index (χ1n) is 5.86. The summed E-state index contributed by atoms with van der Waals surface area (Å²) >= 11 is 0. The number of nitrogens with zero attached hydrogens (tertiary/aromatic N) is 1. The Kier molecular flexibility index (Phi) is 3.36. The van der Waals surface area contributed by atoms with Gasteiger partial charge in [-0.15, -0.1) is 0 Å². The summed E-state index contributed by atoms with van der Waals surface area (Å²) in [4.78, 5) is 3.80. The van der Waals surface area contributed by atoms with Gasteiger partial charge in [-0.25, -0.2) is 4.98 Å². The number of nitrogens with one attached hydrogen (secondary N) is 1. The number of nitrogen functional groups attached to an aromatic ring is 1. The monoisotopic (exact) mass is 269 g/mol. The zero-order chi connectivity index (χ0) is 14.2. The number of halogens is 3. The number of anilines is 1. The minimum absolute atomic E-state index is 0.00996. The lowest BCUT2D eigenvalue weighted by atomic mass is 10.0. The SMILES string of the molecule is CCc1cccc2c(NN)c(C)c(C(F)(F)F)nc12. The van der Waals surface area contributed by atoms with Crippen LogP contribution in [-0.2, 0) is 12.6 Å². The third kappa shape index (κ3) is 2.23. The lowest BCUT2D eigenvalue weighted by Crippen LogP contribution is -2.16. The van der Waals surface area contributed by atoms with E-state index in [2.05, 4.69) is 10.4 Å². The second-order valence-electron chi connectivity index (χ2n) is 4.27. The largest absolute Gasteiger partial charge is 0.433 e. The number of alkyl halides is 3. The molecule has 0 aliphatic rings. The quantitative estimate of drug-likeness (QED) is 0.649. The maximum atomic E-state index is 13.0. The summed E-state index contributed by atoms with van der Waals surface area (Å²) < 4.78 is 39.0. The first-order chi connectivity index (χ1) is 8.90. The number of para-hydroxylation sites is 1. The number of rotatable bonds is 2.